The summed E-state index contributed by atoms with van der Waals surface area (Å²) in [5, 5.41) is 1.93. The lowest BCUT2D eigenvalue weighted by atomic mass is 10.1. The summed E-state index contributed by atoms with van der Waals surface area (Å²) < 4.78 is 0. The molecule has 3 rings (SSSR count). The minimum absolute atomic E-state index is 0.168. The van der Waals surface area contributed by atoms with Crippen molar-refractivity contribution < 1.29 is 19.2 Å². The van der Waals surface area contributed by atoms with Crippen LogP contribution in [0, 0.1) is 0 Å². The lowest BCUT2D eigenvalue weighted by Crippen LogP contribution is -2.43. The second-order valence-electron chi connectivity index (χ2n) is 6.76. The first-order chi connectivity index (χ1) is 14.0. The van der Waals surface area contributed by atoms with Crippen LogP contribution in [0.4, 0.5) is 4.79 Å². The molecule has 1 aromatic heterocycles. The Balaban J connectivity index is 1.71. The van der Waals surface area contributed by atoms with Crippen LogP contribution in [0.2, 0.25) is 0 Å². The molecule has 0 atom stereocenters. The molecular formula is C21H23N3O4S. The molecule has 0 bridgehead atoms. The van der Waals surface area contributed by atoms with Gasteiger partial charge in [0.2, 0.25) is 5.91 Å². The number of hydrogen-bond acceptors (Lipinski definition) is 5. The molecule has 0 aliphatic carbocycles. The molecular weight excluding hydrogens is 390 g/mol. The number of urea groups is 1. The maximum absolute atomic E-state index is 13.0. The van der Waals surface area contributed by atoms with E-state index in [0.29, 0.717) is 25.9 Å². The number of carbonyl (C=O) groups excluding carboxylic acids is 4. The summed E-state index contributed by atoms with van der Waals surface area (Å²) in [5.41, 5.74) is 1.09. The van der Waals surface area contributed by atoms with Crippen molar-refractivity contribution >= 4 is 35.1 Å². The van der Waals surface area contributed by atoms with Gasteiger partial charge in [-0.2, -0.15) is 0 Å². The molecule has 152 valence electrons. The second kappa shape index (κ2) is 9.47. The zero-order valence-electron chi connectivity index (χ0n) is 16.2. The van der Waals surface area contributed by atoms with Crippen molar-refractivity contribution in [2.24, 2.45) is 0 Å². The number of benzene rings is 1. The summed E-state index contributed by atoms with van der Waals surface area (Å²) in [6, 6.07) is 12.9. The molecule has 1 aliphatic heterocycles. The molecule has 8 heteroatoms. The van der Waals surface area contributed by atoms with Gasteiger partial charge in [0, 0.05) is 18.0 Å². The number of thiophene rings is 1. The molecule has 0 radical (unpaired) electrons. The van der Waals surface area contributed by atoms with Crippen molar-refractivity contribution in [1.29, 1.82) is 0 Å². The van der Waals surface area contributed by atoms with Gasteiger partial charge in [-0.25, -0.2) is 9.69 Å². The molecule has 0 N–H and O–H groups in total. The van der Waals surface area contributed by atoms with E-state index in [1.165, 1.54) is 11.3 Å². The monoisotopic (exact) mass is 413 g/mol. The van der Waals surface area contributed by atoms with Crippen LogP contribution in [-0.2, 0) is 27.3 Å². The Bertz CT molecular complexity index is 883. The van der Waals surface area contributed by atoms with E-state index in [9.17, 15) is 19.2 Å². The van der Waals surface area contributed by atoms with Crippen LogP contribution in [0.3, 0.4) is 0 Å². The van der Waals surface area contributed by atoms with Gasteiger partial charge in [-0.1, -0.05) is 43.3 Å². The largest absolute Gasteiger partial charge is 0.336 e. The van der Waals surface area contributed by atoms with E-state index in [1.807, 2.05) is 54.8 Å². The van der Waals surface area contributed by atoms with Crippen LogP contribution >= 0.6 is 11.3 Å². The highest BCUT2D eigenvalue weighted by molar-refractivity contribution is 7.09. The Morgan fingerprint density at radius 3 is 2.38 bits per heavy atom. The highest BCUT2D eigenvalue weighted by Gasteiger charge is 2.45. The molecule has 0 spiro atoms. The highest BCUT2D eigenvalue weighted by atomic mass is 32.1. The van der Waals surface area contributed by atoms with Gasteiger partial charge in [-0.3, -0.25) is 19.3 Å². The zero-order chi connectivity index (χ0) is 20.8. The summed E-state index contributed by atoms with van der Waals surface area (Å²) >= 11 is 1.54. The molecule has 7 nitrogen and oxygen atoms in total. The fourth-order valence-corrected chi connectivity index (χ4v) is 3.86. The van der Waals surface area contributed by atoms with Crippen molar-refractivity contribution in [2.75, 3.05) is 19.6 Å². The number of hydrogen-bond donors (Lipinski definition) is 0. The second-order valence-corrected chi connectivity index (χ2v) is 7.79. The lowest BCUT2D eigenvalue weighted by molar-refractivity contribution is -0.145. The maximum atomic E-state index is 13.0. The average molecular weight is 413 g/mol. The molecule has 2 heterocycles. The standard InChI is InChI=1S/C21H23N3O4S/c1-2-11-23-19(26)20(27)24(21(23)28)15-18(25)22(14-17-9-6-13-29-17)12-10-16-7-4-3-5-8-16/h3-9,13H,2,10-12,14-15H2,1H3. The molecule has 1 aromatic carbocycles. The first kappa shape index (κ1) is 20.7. The Hall–Kier alpha value is -3.00. The van der Waals surface area contributed by atoms with Gasteiger partial charge in [-0.15, -0.1) is 11.3 Å². The van der Waals surface area contributed by atoms with Crippen molar-refractivity contribution in [3.05, 3.63) is 58.3 Å². The van der Waals surface area contributed by atoms with Crippen molar-refractivity contribution in [3.8, 4) is 0 Å². The van der Waals surface area contributed by atoms with Crippen LogP contribution in [-0.4, -0.2) is 58.1 Å². The van der Waals surface area contributed by atoms with Gasteiger partial charge in [0.1, 0.15) is 6.54 Å². The SMILES string of the molecule is CCCN1C(=O)C(=O)N(CC(=O)N(CCc2ccccc2)Cc2cccs2)C1=O. The molecule has 1 aliphatic rings. The van der Waals surface area contributed by atoms with E-state index in [1.54, 1.807) is 4.90 Å². The van der Waals surface area contributed by atoms with Gasteiger partial charge < -0.3 is 4.90 Å². The first-order valence-electron chi connectivity index (χ1n) is 9.52. The van der Waals surface area contributed by atoms with Gasteiger partial charge >= 0.3 is 17.8 Å². The minimum atomic E-state index is -0.934. The van der Waals surface area contributed by atoms with Gasteiger partial charge in [-0.05, 0) is 29.9 Å². The van der Waals surface area contributed by atoms with Crippen molar-refractivity contribution in [3.63, 3.8) is 0 Å². The maximum Gasteiger partial charge on any atom is 0.334 e. The first-order valence-corrected chi connectivity index (χ1v) is 10.4. The van der Waals surface area contributed by atoms with E-state index in [-0.39, 0.29) is 12.5 Å². The molecule has 0 saturated carbocycles. The van der Waals surface area contributed by atoms with Crippen LogP contribution in [0.25, 0.3) is 0 Å². The van der Waals surface area contributed by atoms with Crippen LogP contribution < -0.4 is 0 Å². The summed E-state index contributed by atoms with van der Waals surface area (Å²) in [5.74, 6) is -2.16. The van der Waals surface area contributed by atoms with Crippen molar-refractivity contribution in [2.45, 2.75) is 26.3 Å². The average Bonchev–Trinajstić information content (AvgIpc) is 3.31. The summed E-state index contributed by atoms with van der Waals surface area (Å²) in [6.45, 7) is 2.39. The normalized spacial score (nSPS) is 14.0. The molecule has 29 heavy (non-hydrogen) atoms. The molecule has 1 fully saturated rings. The fourth-order valence-electron chi connectivity index (χ4n) is 3.14. The topological polar surface area (TPSA) is 78.0 Å². The van der Waals surface area contributed by atoms with E-state index in [4.69, 9.17) is 0 Å². The lowest BCUT2D eigenvalue weighted by Gasteiger charge is -2.24. The number of amides is 5. The molecule has 1 saturated heterocycles. The Morgan fingerprint density at radius 1 is 1.00 bits per heavy atom. The van der Waals surface area contributed by atoms with Gasteiger partial charge in [0.25, 0.3) is 0 Å². The number of rotatable bonds is 9. The minimum Gasteiger partial charge on any atom is -0.336 e. The Labute approximate surface area is 173 Å². The summed E-state index contributed by atoms with van der Waals surface area (Å²) in [7, 11) is 0. The summed E-state index contributed by atoms with van der Waals surface area (Å²) in [4.78, 5) is 53.9. The third-order valence-corrected chi connectivity index (χ3v) is 5.53. The van der Waals surface area contributed by atoms with Crippen LogP contribution in [0.1, 0.15) is 23.8 Å². The van der Waals surface area contributed by atoms with E-state index in [0.717, 1.165) is 20.2 Å². The van der Waals surface area contributed by atoms with Crippen LogP contribution in [0.15, 0.2) is 47.8 Å². The third kappa shape index (κ3) is 4.89. The quantitative estimate of drug-likeness (QED) is 0.468. The van der Waals surface area contributed by atoms with E-state index >= 15 is 0 Å². The number of nitrogens with zero attached hydrogens (tertiary/aromatic N) is 3. The summed E-state index contributed by atoms with van der Waals surface area (Å²) in [6.07, 6.45) is 1.20. The third-order valence-electron chi connectivity index (χ3n) is 4.67. The van der Waals surface area contributed by atoms with E-state index in [2.05, 4.69) is 0 Å². The number of carbonyl (C=O) groups is 4. The molecule has 2 aromatic rings. The Kier molecular flexibility index (Phi) is 6.77. The Morgan fingerprint density at radius 2 is 1.72 bits per heavy atom. The predicted molar refractivity (Wildman–Crippen MR) is 109 cm³/mol. The van der Waals surface area contributed by atoms with E-state index < -0.39 is 24.4 Å². The van der Waals surface area contributed by atoms with Crippen LogP contribution in [0.5, 0.6) is 0 Å². The number of imide groups is 2. The predicted octanol–water partition coefficient (Wildman–Crippen LogP) is 2.52. The zero-order valence-corrected chi connectivity index (χ0v) is 17.1. The molecule has 0 unspecified atom stereocenters. The molecule has 5 amide bonds. The van der Waals surface area contributed by atoms with Gasteiger partial charge in [0.05, 0.1) is 6.54 Å². The van der Waals surface area contributed by atoms with Gasteiger partial charge in [0.15, 0.2) is 0 Å². The smallest absolute Gasteiger partial charge is 0.334 e. The van der Waals surface area contributed by atoms with Crippen molar-refractivity contribution in [1.82, 2.24) is 14.7 Å². The highest BCUT2D eigenvalue weighted by Crippen LogP contribution is 2.16. The fraction of sp³-hybridized carbons (Fsp3) is 0.333.